The van der Waals surface area contributed by atoms with Crippen LogP contribution in [0.5, 0.6) is 5.75 Å². The fourth-order valence-electron chi connectivity index (χ4n) is 1.64. The van der Waals surface area contributed by atoms with Gasteiger partial charge in [-0.2, -0.15) is 14.0 Å². The molecular formula is C13H11F4NO3. The molecule has 0 saturated carbocycles. The second-order valence-corrected chi connectivity index (χ2v) is 3.82. The van der Waals surface area contributed by atoms with E-state index in [1.54, 1.807) is 0 Å². The quantitative estimate of drug-likeness (QED) is 0.598. The van der Waals surface area contributed by atoms with E-state index in [-0.39, 0.29) is 12.2 Å². The van der Waals surface area contributed by atoms with Gasteiger partial charge in [-0.25, -0.2) is 8.78 Å². The summed E-state index contributed by atoms with van der Waals surface area (Å²) in [7, 11) is 0. The Bertz CT molecular complexity index is 555. The summed E-state index contributed by atoms with van der Waals surface area (Å²) in [5.74, 6) is -1.34. The molecule has 0 saturated heterocycles. The van der Waals surface area contributed by atoms with E-state index in [1.165, 1.54) is 13.0 Å². The zero-order valence-electron chi connectivity index (χ0n) is 10.9. The monoisotopic (exact) mass is 305 g/mol. The first-order valence-electron chi connectivity index (χ1n) is 5.84. The van der Waals surface area contributed by atoms with Crippen molar-refractivity contribution in [1.82, 2.24) is 0 Å². The van der Waals surface area contributed by atoms with Gasteiger partial charge in [-0.15, -0.1) is 0 Å². The largest absolute Gasteiger partial charge is 0.466 e. The minimum absolute atomic E-state index is 0.0551. The highest BCUT2D eigenvalue weighted by atomic mass is 19.3. The highest BCUT2D eigenvalue weighted by Gasteiger charge is 2.21. The van der Waals surface area contributed by atoms with Crippen molar-refractivity contribution < 1.29 is 31.8 Å². The van der Waals surface area contributed by atoms with Crippen LogP contribution < -0.4 is 4.74 Å². The Morgan fingerprint density at radius 2 is 2.00 bits per heavy atom. The van der Waals surface area contributed by atoms with E-state index in [1.807, 2.05) is 0 Å². The highest BCUT2D eigenvalue weighted by molar-refractivity contribution is 5.73. The van der Waals surface area contributed by atoms with Crippen molar-refractivity contribution in [2.24, 2.45) is 0 Å². The topological polar surface area (TPSA) is 59.3 Å². The van der Waals surface area contributed by atoms with Gasteiger partial charge in [0.15, 0.2) is 0 Å². The second kappa shape index (κ2) is 7.47. The normalized spacial score (nSPS) is 10.6. The summed E-state index contributed by atoms with van der Waals surface area (Å²) < 4.78 is 59.0. The average molecular weight is 305 g/mol. The van der Waals surface area contributed by atoms with Crippen molar-refractivity contribution in [2.75, 3.05) is 6.61 Å². The molecule has 0 aliphatic carbocycles. The number of nitrogens with zero attached hydrogens (tertiary/aromatic N) is 1. The highest BCUT2D eigenvalue weighted by Crippen LogP contribution is 2.31. The van der Waals surface area contributed by atoms with Crippen LogP contribution in [0.1, 0.15) is 30.0 Å². The lowest BCUT2D eigenvalue weighted by Gasteiger charge is -2.13. The minimum Gasteiger partial charge on any atom is -0.466 e. The first-order chi connectivity index (χ1) is 9.88. The van der Waals surface area contributed by atoms with Gasteiger partial charge in [0.1, 0.15) is 11.8 Å². The number of hydrogen-bond acceptors (Lipinski definition) is 4. The Hall–Kier alpha value is -2.30. The Morgan fingerprint density at radius 1 is 1.33 bits per heavy atom. The molecule has 1 rings (SSSR count). The van der Waals surface area contributed by atoms with E-state index in [0.29, 0.717) is 0 Å². The van der Waals surface area contributed by atoms with Crippen LogP contribution in [0.4, 0.5) is 17.6 Å². The maximum absolute atomic E-state index is 12.9. The number of esters is 1. The van der Waals surface area contributed by atoms with Crippen LogP contribution in [-0.4, -0.2) is 19.2 Å². The predicted octanol–water partition coefficient (Wildman–Crippen LogP) is 3.20. The fourth-order valence-corrected chi connectivity index (χ4v) is 1.64. The van der Waals surface area contributed by atoms with Gasteiger partial charge in [0, 0.05) is 5.56 Å². The zero-order chi connectivity index (χ0) is 16.0. The average Bonchev–Trinajstić information content (AvgIpc) is 2.38. The van der Waals surface area contributed by atoms with E-state index in [4.69, 9.17) is 5.26 Å². The summed E-state index contributed by atoms with van der Waals surface area (Å²) >= 11 is 0. The molecule has 0 radical (unpaired) electrons. The van der Waals surface area contributed by atoms with E-state index < -0.39 is 42.3 Å². The van der Waals surface area contributed by atoms with E-state index in [2.05, 4.69) is 9.47 Å². The van der Waals surface area contributed by atoms with Gasteiger partial charge in [0.2, 0.25) is 0 Å². The number of halogens is 4. The molecule has 8 heteroatoms. The molecule has 0 aliphatic rings. The maximum Gasteiger partial charge on any atom is 0.387 e. The molecule has 0 aliphatic heterocycles. The SMILES string of the molecule is CCOC(=O)Cc1cc(OC(F)F)c(C#N)cc1C(F)F. The molecule has 0 aromatic heterocycles. The van der Waals surface area contributed by atoms with E-state index in [9.17, 15) is 22.4 Å². The lowest BCUT2D eigenvalue weighted by atomic mass is 10.0. The summed E-state index contributed by atoms with van der Waals surface area (Å²) in [5.41, 5.74) is -1.28. The molecule has 0 unspecified atom stereocenters. The fraction of sp³-hybridized carbons (Fsp3) is 0.385. The number of ether oxygens (including phenoxy) is 2. The Morgan fingerprint density at radius 3 is 2.48 bits per heavy atom. The first-order valence-corrected chi connectivity index (χ1v) is 5.84. The van der Waals surface area contributed by atoms with E-state index in [0.717, 1.165) is 12.1 Å². The van der Waals surface area contributed by atoms with Crippen LogP contribution >= 0.6 is 0 Å². The smallest absolute Gasteiger partial charge is 0.387 e. The molecule has 0 amide bonds. The summed E-state index contributed by atoms with van der Waals surface area (Å²) in [6.07, 6.45) is -3.50. The summed E-state index contributed by atoms with van der Waals surface area (Å²) in [6.45, 7) is -1.62. The number of benzene rings is 1. The Balaban J connectivity index is 3.25. The molecule has 0 N–H and O–H groups in total. The van der Waals surface area contributed by atoms with Crippen molar-refractivity contribution >= 4 is 5.97 Å². The third-order valence-electron chi connectivity index (χ3n) is 2.45. The van der Waals surface area contributed by atoms with Crippen LogP contribution in [0.2, 0.25) is 0 Å². The summed E-state index contributed by atoms with van der Waals surface area (Å²) in [5, 5.41) is 8.78. The molecule has 4 nitrogen and oxygen atoms in total. The Labute approximate surface area is 117 Å². The summed E-state index contributed by atoms with van der Waals surface area (Å²) in [4.78, 5) is 11.4. The van der Waals surface area contributed by atoms with Crippen molar-refractivity contribution in [3.63, 3.8) is 0 Å². The van der Waals surface area contributed by atoms with Crippen molar-refractivity contribution in [3.8, 4) is 11.8 Å². The summed E-state index contributed by atoms with van der Waals surface area (Å²) in [6, 6.07) is 3.06. The third-order valence-corrected chi connectivity index (χ3v) is 2.45. The molecule has 21 heavy (non-hydrogen) atoms. The van der Waals surface area contributed by atoms with Crippen molar-refractivity contribution in [2.45, 2.75) is 26.4 Å². The lowest BCUT2D eigenvalue weighted by molar-refractivity contribution is -0.142. The second-order valence-electron chi connectivity index (χ2n) is 3.82. The maximum atomic E-state index is 12.9. The molecule has 0 fully saturated rings. The molecule has 0 atom stereocenters. The van der Waals surface area contributed by atoms with Gasteiger partial charge in [-0.1, -0.05) is 0 Å². The predicted molar refractivity (Wildman–Crippen MR) is 63.1 cm³/mol. The van der Waals surface area contributed by atoms with Crippen molar-refractivity contribution in [3.05, 3.63) is 28.8 Å². The Kier molecular flexibility index (Phi) is 5.96. The van der Waals surface area contributed by atoms with Gasteiger partial charge in [0.25, 0.3) is 6.43 Å². The van der Waals surface area contributed by atoms with Crippen LogP contribution in [0.25, 0.3) is 0 Å². The third kappa shape index (κ3) is 4.63. The van der Waals surface area contributed by atoms with Gasteiger partial charge < -0.3 is 9.47 Å². The first kappa shape index (κ1) is 16.8. The standard InChI is InChI=1S/C13H11F4NO3/c1-2-20-11(19)5-7-4-10(21-13(16)17)8(6-18)3-9(7)12(14)15/h3-4,12-13H,2,5H2,1H3. The van der Waals surface area contributed by atoms with Crippen LogP contribution in [0.3, 0.4) is 0 Å². The van der Waals surface area contributed by atoms with Gasteiger partial charge in [0.05, 0.1) is 18.6 Å². The van der Waals surface area contributed by atoms with Crippen molar-refractivity contribution in [1.29, 1.82) is 5.26 Å². The minimum atomic E-state index is -3.22. The molecule has 114 valence electrons. The molecule has 0 spiro atoms. The van der Waals surface area contributed by atoms with Gasteiger partial charge >= 0.3 is 12.6 Å². The van der Waals surface area contributed by atoms with Gasteiger partial charge in [-0.05, 0) is 24.6 Å². The number of carbonyl (C=O) groups is 1. The molecule has 0 heterocycles. The van der Waals surface area contributed by atoms with E-state index >= 15 is 0 Å². The number of rotatable bonds is 6. The number of alkyl halides is 4. The number of carbonyl (C=O) groups excluding carboxylic acids is 1. The number of hydrogen-bond donors (Lipinski definition) is 0. The van der Waals surface area contributed by atoms with Crippen LogP contribution in [0.15, 0.2) is 12.1 Å². The molecule has 0 bridgehead atoms. The van der Waals surface area contributed by atoms with Crippen LogP contribution in [-0.2, 0) is 16.0 Å². The van der Waals surface area contributed by atoms with Crippen LogP contribution in [0, 0.1) is 11.3 Å². The molecule has 1 aromatic rings. The lowest BCUT2D eigenvalue weighted by Crippen LogP contribution is -2.11. The zero-order valence-corrected chi connectivity index (χ0v) is 10.9. The molecule has 1 aromatic carbocycles. The van der Waals surface area contributed by atoms with Gasteiger partial charge in [-0.3, -0.25) is 4.79 Å². The number of nitriles is 1. The molecular weight excluding hydrogens is 294 g/mol.